The second kappa shape index (κ2) is 7.92. The van der Waals surface area contributed by atoms with E-state index in [4.69, 9.17) is 4.74 Å². The number of aromatic nitrogens is 3. The molecule has 8 heteroatoms. The fraction of sp³-hybridized carbons (Fsp3) is 0.391. The zero-order chi connectivity index (χ0) is 21.4. The van der Waals surface area contributed by atoms with E-state index in [1.165, 1.54) is 36.0 Å². The van der Waals surface area contributed by atoms with Gasteiger partial charge in [0.25, 0.3) is 0 Å². The Morgan fingerprint density at radius 2 is 1.77 bits per heavy atom. The monoisotopic (exact) mass is 427 g/mol. The second-order valence-corrected chi connectivity index (χ2v) is 8.44. The van der Waals surface area contributed by atoms with Crippen molar-refractivity contribution in [3.8, 4) is 5.69 Å². The number of nitrogens with zero attached hydrogens (tertiary/aromatic N) is 4. The highest BCUT2D eigenvalue weighted by Gasteiger charge is 2.38. The number of piperidine rings is 1. The number of nitrogens with one attached hydrogen (secondary N) is 1. The van der Waals surface area contributed by atoms with E-state index in [0.29, 0.717) is 5.95 Å². The van der Waals surface area contributed by atoms with E-state index in [-0.39, 0.29) is 12.7 Å². The van der Waals surface area contributed by atoms with Crippen molar-refractivity contribution in [2.45, 2.75) is 38.2 Å². The lowest BCUT2D eigenvalue weighted by Crippen LogP contribution is -2.44. The van der Waals surface area contributed by atoms with Crippen LogP contribution in [0.5, 0.6) is 0 Å². The molecule has 6 nitrogen and oxygen atoms in total. The SMILES string of the molecule is Cc1cc(Nc2ncn(-c3cc(F)cc(F)c3)n2)cc(N2CCC3(CCCO3)CC2)c1.[HH]. The molecule has 0 unspecified atom stereocenters. The Balaban J connectivity index is 0.00000245. The maximum atomic E-state index is 13.5. The van der Waals surface area contributed by atoms with E-state index in [9.17, 15) is 8.78 Å². The number of halogens is 2. The van der Waals surface area contributed by atoms with Crippen LogP contribution in [0.15, 0.2) is 42.7 Å². The van der Waals surface area contributed by atoms with Crippen LogP contribution < -0.4 is 10.2 Å². The van der Waals surface area contributed by atoms with Gasteiger partial charge in [-0.15, -0.1) is 5.10 Å². The lowest BCUT2D eigenvalue weighted by atomic mass is 9.88. The molecule has 0 atom stereocenters. The van der Waals surface area contributed by atoms with E-state index in [1.54, 1.807) is 0 Å². The van der Waals surface area contributed by atoms with E-state index in [0.717, 1.165) is 55.5 Å². The minimum absolute atomic E-state index is 0. The van der Waals surface area contributed by atoms with Crippen molar-refractivity contribution in [1.29, 1.82) is 0 Å². The van der Waals surface area contributed by atoms with Crippen LogP contribution in [0.4, 0.5) is 26.1 Å². The largest absolute Gasteiger partial charge is 0.375 e. The molecule has 0 bridgehead atoms. The van der Waals surface area contributed by atoms with Crippen molar-refractivity contribution in [2.24, 2.45) is 0 Å². The van der Waals surface area contributed by atoms with Gasteiger partial charge in [-0.1, -0.05) is 0 Å². The van der Waals surface area contributed by atoms with Crippen LogP contribution in [-0.4, -0.2) is 40.1 Å². The summed E-state index contributed by atoms with van der Waals surface area (Å²) in [5.74, 6) is -0.956. The zero-order valence-electron chi connectivity index (χ0n) is 17.4. The van der Waals surface area contributed by atoms with Gasteiger partial charge in [0.1, 0.15) is 18.0 Å². The van der Waals surface area contributed by atoms with Gasteiger partial charge in [0.15, 0.2) is 0 Å². The molecule has 164 valence electrons. The van der Waals surface area contributed by atoms with Crippen molar-refractivity contribution < 1.29 is 14.9 Å². The molecule has 1 aromatic heterocycles. The number of benzene rings is 2. The van der Waals surface area contributed by atoms with Crippen molar-refractivity contribution >= 4 is 17.3 Å². The molecule has 31 heavy (non-hydrogen) atoms. The van der Waals surface area contributed by atoms with E-state index >= 15 is 0 Å². The minimum Gasteiger partial charge on any atom is -0.375 e. The molecule has 2 aliphatic rings. The Hall–Kier alpha value is -3.00. The summed E-state index contributed by atoms with van der Waals surface area (Å²) in [5, 5.41) is 7.52. The number of rotatable bonds is 4. The average Bonchev–Trinajstić information content (AvgIpc) is 3.37. The maximum Gasteiger partial charge on any atom is 0.246 e. The van der Waals surface area contributed by atoms with Crippen LogP contribution in [0.2, 0.25) is 0 Å². The molecular weight excluding hydrogens is 400 g/mol. The van der Waals surface area contributed by atoms with Crippen molar-refractivity contribution in [2.75, 3.05) is 29.9 Å². The maximum absolute atomic E-state index is 13.5. The molecule has 3 heterocycles. The highest BCUT2D eigenvalue weighted by Crippen LogP contribution is 2.37. The summed E-state index contributed by atoms with van der Waals surface area (Å²) in [6.45, 7) is 4.89. The van der Waals surface area contributed by atoms with Gasteiger partial charge in [-0.05, 0) is 68.5 Å². The quantitative estimate of drug-likeness (QED) is 0.636. The van der Waals surface area contributed by atoms with Gasteiger partial charge >= 0.3 is 0 Å². The molecule has 0 saturated carbocycles. The molecule has 2 fully saturated rings. The molecule has 0 aliphatic carbocycles. The fourth-order valence-electron chi connectivity index (χ4n) is 4.58. The number of ether oxygens (including phenoxy) is 1. The van der Waals surface area contributed by atoms with Gasteiger partial charge in [-0.3, -0.25) is 0 Å². The number of hydrogen-bond acceptors (Lipinski definition) is 5. The first kappa shape index (κ1) is 19.9. The number of aryl methyl sites for hydroxylation is 1. The Kier molecular flexibility index (Phi) is 5.09. The van der Waals surface area contributed by atoms with Gasteiger partial charge in [-0.25, -0.2) is 13.5 Å². The minimum atomic E-state index is -0.658. The summed E-state index contributed by atoms with van der Waals surface area (Å²) in [7, 11) is 0. The molecule has 2 saturated heterocycles. The van der Waals surface area contributed by atoms with Gasteiger partial charge in [0, 0.05) is 38.6 Å². The topological polar surface area (TPSA) is 55.2 Å². The van der Waals surface area contributed by atoms with Gasteiger partial charge in [0.05, 0.1) is 11.3 Å². The van der Waals surface area contributed by atoms with Crippen molar-refractivity contribution in [3.05, 3.63) is 59.9 Å². The smallest absolute Gasteiger partial charge is 0.246 e. The first-order valence-corrected chi connectivity index (χ1v) is 10.6. The predicted octanol–water partition coefficient (Wildman–Crippen LogP) is 4.99. The first-order valence-electron chi connectivity index (χ1n) is 10.6. The molecular formula is C23H27F2N5O. The summed E-state index contributed by atoms with van der Waals surface area (Å²) in [6, 6.07) is 9.54. The van der Waals surface area contributed by atoms with Crippen LogP contribution in [0, 0.1) is 18.6 Å². The molecule has 1 spiro atoms. The van der Waals surface area contributed by atoms with Gasteiger partial charge < -0.3 is 15.0 Å². The first-order chi connectivity index (χ1) is 15.0. The van der Waals surface area contributed by atoms with E-state index in [1.807, 2.05) is 6.07 Å². The molecule has 1 N–H and O–H groups in total. The Morgan fingerprint density at radius 1 is 1.00 bits per heavy atom. The Bertz CT molecular complexity index is 1070. The number of anilines is 3. The summed E-state index contributed by atoms with van der Waals surface area (Å²) < 4.78 is 34.4. The Morgan fingerprint density at radius 3 is 2.48 bits per heavy atom. The lowest BCUT2D eigenvalue weighted by molar-refractivity contribution is -0.0146. The average molecular weight is 427 g/mol. The molecule has 2 aliphatic heterocycles. The molecule has 0 radical (unpaired) electrons. The van der Waals surface area contributed by atoms with Gasteiger partial charge in [0.2, 0.25) is 5.95 Å². The number of hydrogen-bond donors (Lipinski definition) is 1. The molecule has 0 amide bonds. The zero-order valence-corrected chi connectivity index (χ0v) is 17.4. The molecule has 3 aromatic rings. The third-order valence-electron chi connectivity index (χ3n) is 6.15. The third-order valence-corrected chi connectivity index (χ3v) is 6.15. The van der Waals surface area contributed by atoms with Crippen molar-refractivity contribution in [1.82, 2.24) is 14.8 Å². The summed E-state index contributed by atoms with van der Waals surface area (Å²) >= 11 is 0. The highest BCUT2D eigenvalue weighted by molar-refractivity contribution is 5.64. The molecule has 2 aromatic carbocycles. The van der Waals surface area contributed by atoms with Crippen LogP contribution in [0.25, 0.3) is 5.69 Å². The van der Waals surface area contributed by atoms with Crippen LogP contribution in [0.1, 0.15) is 32.7 Å². The van der Waals surface area contributed by atoms with Crippen LogP contribution in [0.3, 0.4) is 0 Å². The summed E-state index contributed by atoms with van der Waals surface area (Å²) in [5.41, 5.74) is 3.52. The van der Waals surface area contributed by atoms with Gasteiger partial charge in [-0.2, -0.15) is 4.98 Å². The standard InChI is InChI=1S/C23H25F2N5O.H2/c1-16-9-19(14-20(10-16)29-6-4-23(5-7-29)3-2-8-31-23)27-22-26-15-30(28-22)21-12-17(24)11-18(25)13-21;/h9-15H,2-8H2,1H3,(H,27,28);1H. The van der Waals surface area contributed by atoms with E-state index < -0.39 is 11.6 Å². The molecule has 5 rings (SSSR count). The third kappa shape index (κ3) is 4.25. The van der Waals surface area contributed by atoms with Crippen molar-refractivity contribution in [3.63, 3.8) is 0 Å². The summed E-state index contributed by atoms with van der Waals surface area (Å²) in [6.07, 6.45) is 5.88. The summed E-state index contributed by atoms with van der Waals surface area (Å²) in [4.78, 5) is 6.63. The fourth-order valence-corrected chi connectivity index (χ4v) is 4.58. The second-order valence-electron chi connectivity index (χ2n) is 8.44. The van der Waals surface area contributed by atoms with Crippen LogP contribution in [-0.2, 0) is 4.74 Å². The normalized spacial score (nSPS) is 18.0. The lowest BCUT2D eigenvalue weighted by Gasteiger charge is -2.40. The highest BCUT2D eigenvalue weighted by atomic mass is 19.1. The Labute approximate surface area is 181 Å². The predicted molar refractivity (Wildman–Crippen MR) is 117 cm³/mol. The van der Waals surface area contributed by atoms with E-state index in [2.05, 4.69) is 39.4 Å². The van der Waals surface area contributed by atoms with Crippen LogP contribution >= 0.6 is 0 Å².